The topological polar surface area (TPSA) is 23.8 Å². The monoisotopic (exact) mass is 149 g/mol. The van der Waals surface area contributed by atoms with Crippen molar-refractivity contribution >= 4 is 0 Å². The summed E-state index contributed by atoms with van der Waals surface area (Å²) in [7, 11) is 0. The van der Waals surface area contributed by atoms with E-state index in [9.17, 15) is 0 Å². The summed E-state index contributed by atoms with van der Waals surface area (Å²) in [4.78, 5) is 0. The molecule has 0 spiro atoms. The zero-order valence-electron chi connectivity index (χ0n) is 7.25. The van der Waals surface area contributed by atoms with E-state index >= 15 is 0 Å². The van der Waals surface area contributed by atoms with Crippen molar-refractivity contribution in [3.8, 4) is 6.07 Å². The third-order valence-electron chi connectivity index (χ3n) is 3.90. The van der Waals surface area contributed by atoms with Gasteiger partial charge in [-0.2, -0.15) is 5.26 Å². The van der Waals surface area contributed by atoms with Crippen molar-refractivity contribution in [3.05, 3.63) is 0 Å². The van der Waals surface area contributed by atoms with E-state index in [2.05, 4.69) is 19.9 Å². The van der Waals surface area contributed by atoms with Gasteiger partial charge in [-0.1, -0.05) is 13.8 Å². The second kappa shape index (κ2) is 2.24. The van der Waals surface area contributed by atoms with Crippen molar-refractivity contribution in [2.24, 2.45) is 29.6 Å². The second-order valence-electron chi connectivity index (χ2n) is 4.39. The van der Waals surface area contributed by atoms with Crippen LogP contribution in [0.5, 0.6) is 0 Å². The summed E-state index contributed by atoms with van der Waals surface area (Å²) in [6, 6.07) is 2.48. The molecule has 2 saturated carbocycles. The van der Waals surface area contributed by atoms with Crippen LogP contribution in [0, 0.1) is 40.9 Å². The lowest BCUT2D eigenvalue weighted by Gasteiger charge is -2.27. The molecule has 0 aromatic heterocycles. The van der Waals surface area contributed by atoms with E-state index in [1.165, 1.54) is 12.8 Å². The van der Waals surface area contributed by atoms with Crippen LogP contribution < -0.4 is 0 Å². The number of fused-ring (bicyclic) bond motifs is 2. The summed E-state index contributed by atoms with van der Waals surface area (Å²) in [5.74, 6) is 3.49. The van der Waals surface area contributed by atoms with Crippen molar-refractivity contribution in [1.82, 2.24) is 0 Å². The molecule has 2 aliphatic carbocycles. The first-order valence-electron chi connectivity index (χ1n) is 4.63. The number of rotatable bonds is 0. The molecule has 2 fully saturated rings. The van der Waals surface area contributed by atoms with Crippen LogP contribution in [0.4, 0.5) is 0 Å². The fraction of sp³-hybridized carbons (Fsp3) is 0.900. The van der Waals surface area contributed by atoms with Crippen molar-refractivity contribution in [2.45, 2.75) is 26.7 Å². The van der Waals surface area contributed by atoms with Gasteiger partial charge in [0, 0.05) is 0 Å². The molecule has 2 rings (SSSR count). The van der Waals surface area contributed by atoms with E-state index < -0.39 is 0 Å². The number of hydrogen-bond acceptors (Lipinski definition) is 1. The lowest BCUT2D eigenvalue weighted by molar-refractivity contribution is 0.231. The maximum Gasteiger partial charge on any atom is 0.0661 e. The number of nitrogens with zero attached hydrogens (tertiary/aromatic N) is 1. The standard InChI is InChI=1S/C10H15N/c1-6-3-8-4-9(6)10(5-11)7(8)2/h6-10H,3-4H2,1-2H3/t6-,7-,8-,9-,10+/m1/s1. The van der Waals surface area contributed by atoms with Gasteiger partial charge in [0.1, 0.15) is 0 Å². The lowest BCUT2D eigenvalue weighted by atomic mass is 9.76. The van der Waals surface area contributed by atoms with Crippen LogP contribution in [0.15, 0.2) is 0 Å². The zero-order valence-corrected chi connectivity index (χ0v) is 7.25. The van der Waals surface area contributed by atoms with Gasteiger partial charge in [-0.25, -0.2) is 0 Å². The molecule has 60 valence electrons. The van der Waals surface area contributed by atoms with Gasteiger partial charge in [0.2, 0.25) is 0 Å². The Kier molecular flexibility index (Phi) is 1.45. The van der Waals surface area contributed by atoms with Gasteiger partial charge in [-0.15, -0.1) is 0 Å². The summed E-state index contributed by atoms with van der Waals surface area (Å²) in [5, 5.41) is 8.93. The lowest BCUT2D eigenvalue weighted by Crippen LogP contribution is -2.23. The number of hydrogen-bond donors (Lipinski definition) is 0. The maximum atomic E-state index is 8.93. The number of nitriles is 1. The predicted molar refractivity (Wildman–Crippen MR) is 43.6 cm³/mol. The fourth-order valence-corrected chi connectivity index (χ4v) is 3.16. The molecule has 11 heavy (non-hydrogen) atoms. The van der Waals surface area contributed by atoms with Gasteiger partial charge in [-0.3, -0.25) is 0 Å². The minimum atomic E-state index is 0.378. The van der Waals surface area contributed by atoms with Crippen LogP contribution in [-0.4, -0.2) is 0 Å². The minimum absolute atomic E-state index is 0.378. The van der Waals surface area contributed by atoms with E-state index in [-0.39, 0.29) is 0 Å². The van der Waals surface area contributed by atoms with Gasteiger partial charge in [0.05, 0.1) is 12.0 Å². The highest BCUT2D eigenvalue weighted by atomic mass is 14.5. The first-order chi connectivity index (χ1) is 5.24. The molecule has 1 heteroatoms. The Labute approximate surface area is 68.4 Å². The van der Waals surface area contributed by atoms with Gasteiger partial charge >= 0.3 is 0 Å². The molecule has 2 bridgehead atoms. The molecule has 0 amide bonds. The van der Waals surface area contributed by atoms with Gasteiger partial charge in [0.25, 0.3) is 0 Å². The Morgan fingerprint density at radius 3 is 2.45 bits per heavy atom. The highest BCUT2D eigenvalue weighted by molar-refractivity contribution is 5.05. The van der Waals surface area contributed by atoms with E-state index in [1.807, 2.05) is 0 Å². The third kappa shape index (κ3) is 0.819. The molecule has 0 heterocycles. The summed E-state index contributed by atoms with van der Waals surface area (Å²) < 4.78 is 0. The Bertz CT molecular complexity index is 203. The van der Waals surface area contributed by atoms with Gasteiger partial charge < -0.3 is 0 Å². The normalized spacial score (nSPS) is 54.5. The van der Waals surface area contributed by atoms with E-state index in [4.69, 9.17) is 5.26 Å². The molecule has 0 radical (unpaired) electrons. The molecular formula is C10H15N. The summed E-state index contributed by atoms with van der Waals surface area (Å²) in [6.45, 7) is 4.56. The summed E-state index contributed by atoms with van der Waals surface area (Å²) >= 11 is 0. The Morgan fingerprint density at radius 1 is 1.27 bits per heavy atom. The van der Waals surface area contributed by atoms with Crippen molar-refractivity contribution in [1.29, 1.82) is 5.26 Å². The van der Waals surface area contributed by atoms with Crippen LogP contribution in [0.3, 0.4) is 0 Å². The van der Waals surface area contributed by atoms with Crippen LogP contribution in [0.2, 0.25) is 0 Å². The molecule has 0 unspecified atom stereocenters. The summed E-state index contributed by atoms with van der Waals surface area (Å²) in [6.07, 6.45) is 2.71. The Hall–Kier alpha value is -0.510. The van der Waals surface area contributed by atoms with Crippen LogP contribution in [0.1, 0.15) is 26.7 Å². The van der Waals surface area contributed by atoms with E-state index in [1.54, 1.807) is 0 Å². The van der Waals surface area contributed by atoms with Crippen molar-refractivity contribution in [2.75, 3.05) is 0 Å². The Balaban J connectivity index is 2.21. The first kappa shape index (κ1) is 7.16. The molecule has 0 aromatic rings. The van der Waals surface area contributed by atoms with E-state index in [0.717, 1.165) is 17.8 Å². The smallest absolute Gasteiger partial charge is 0.0661 e. The molecule has 5 atom stereocenters. The maximum absolute atomic E-state index is 8.93. The largest absolute Gasteiger partial charge is 0.198 e. The fourth-order valence-electron chi connectivity index (χ4n) is 3.16. The zero-order chi connectivity index (χ0) is 8.01. The molecule has 1 nitrogen and oxygen atoms in total. The van der Waals surface area contributed by atoms with Gasteiger partial charge in [-0.05, 0) is 36.5 Å². The third-order valence-corrected chi connectivity index (χ3v) is 3.90. The second-order valence-corrected chi connectivity index (χ2v) is 4.39. The van der Waals surface area contributed by atoms with Crippen LogP contribution in [0.25, 0.3) is 0 Å². The highest BCUT2D eigenvalue weighted by Crippen LogP contribution is 2.54. The van der Waals surface area contributed by atoms with Crippen LogP contribution >= 0.6 is 0 Å². The van der Waals surface area contributed by atoms with Crippen molar-refractivity contribution in [3.63, 3.8) is 0 Å². The average Bonchev–Trinajstić information content (AvgIpc) is 2.45. The molecule has 0 aliphatic heterocycles. The first-order valence-corrected chi connectivity index (χ1v) is 4.63. The van der Waals surface area contributed by atoms with Gasteiger partial charge in [0.15, 0.2) is 0 Å². The molecule has 0 saturated heterocycles. The molecule has 2 aliphatic rings. The average molecular weight is 149 g/mol. The SMILES string of the molecule is C[C@@H]1[C@H]2C[C@@H]([C@H]1C#N)[C@H](C)C2. The van der Waals surface area contributed by atoms with Crippen molar-refractivity contribution < 1.29 is 0 Å². The summed E-state index contributed by atoms with van der Waals surface area (Å²) in [5.41, 5.74) is 0. The molecule has 0 aromatic carbocycles. The predicted octanol–water partition coefficient (Wildman–Crippen LogP) is 2.44. The van der Waals surface area contributed by atoms with E-state index in [0.29, 0.717) is 11.8 Å². The molecule has 0 N–H and O–H groups in total. The quantitative estimate of drug-likeness (QED) is 0.519. The Morgan fingerprint density at radius 2 is 2.00 bits per heavy atom. The van der Waals surface area contributed by atoms with Crippen LogP contribution in [-0.2, 0) is 0 Å². The molecular weight excluding hydrogens is 134 g/mol. The highest BCUT2D eigenvalue weighted by Gasteiger charge is 2.48. The minimum Gasteiger partial charge on any atom is -0.198 e.